The Labute approximate surface area is 198 Å². The van der Waals surface area contributed by atoms with Crippen molar-refractivity contribution < 1.29 is 9.53 Å². The van der Waals surface area contributed by atoms with Crippen molar-refractivity contribution in [1.29, 1.82) is 5.26 Å². The van der Waals surface area contributed by atoms with Crippen molar-refractivity contribution in [3.63, 3.8) is 0 Å². The van der Waals surface area contributed by atoms with E-state index in [1.165, 1.54) is 12.1 Å². The highest BCUT2D eigenvalue weighted by Crippen LogP contribution is 2.37. The minimum atomic E-state index is -0.190. The second-order valence-electron chi connectivity index (χ2n) is 6.63. The molecule has 2 heterocycles. The van der Waals surface area contributed by atoms with Gasteiger partial charge in [0.15, 0.2) is 17.6 Å². The molecular formula is C20H17Cl2N7O2S. The van der Waals surface area contributed by atoms with Crippen LogP contribution in [-0.4, -0.2) is 32.4 Å². The third-order valence-corrected chi connectivity index (χ3v) is 5.47. The quantitative estimate of drug-likeness (QED) is 0.491. The van der Waals surface area contributed by atoms with Crippen LogP contribution in [0.15, 0.2) is 40.6 Å². The molecule has 3 rings (SSSR count). The van der Waals surface area contributed by atoms with Crippen LogP contribution in [0.3, 0.4) is 0 Å². The summed E-state index contributed by atoms with van der Waals surface area (Å²) in [6.45, 7) is 3.41. The molecule has 0 radical (unpaired) electrons. The number of hydrogen-bond acceptors (Lipinski definition) is 9. The number of amides is 1. The lowest BCUT2D eigenvalue weighted by molar-refractivity contribution is -0.118. The Morgan fingerprint density at radius 2 is 2.06 bits per heavy atom. The first kappa shape index (κ1) is 23.5. The normalized spacial score (nSPS) is 10.6. The Morgan fingerprint density at radius 3 is 2.78 bits per heavy atom. The smallest absolute Gasteiger partial charge is 0.226 e. The van der Waals surface area contributed by atoms with E-state index in [2.05, 4.69) is 25.3 Å². The number of halogens is 2. The first-order chi connectivity index (χ1) is 15.3. The number of nitrogens with two attached hydrogens (primary N) is 1. The standard InChI is InChI=1S/C20H17Cl2N7O2S/c1-10(2)18(30)26-14-3-5-25-9-16(14)32-20-28-17(27-19(24)29-20)11-7-15(31-6-4-23)13(22)8-12(11)21/h3,5,7-10H,6H2,1-2H3,(H,25,26,30)(H2,24,27,28,29). The summed E-state index contributed by atoms with van der Waals surface area (Å²) in [4.78, 5) is 29.6. The number of benzene rings is 1. The molecule has 164 valence electrons. The van der Waals surface area contributed by atoms with Crippen LogP contribution in [0.5, 0.6) is 5.75 Å². The van der Waals surface area contributed by atoms with Crippen molar-refractivity contribution in [2.24, 2.45) is 5.92 Å². The molecule has 0 saturated heterocycles. The van der Waals surface area contributed by atoms with E-state index in [1.54, 1.807) is 32.3 Å². The summed E-state index contributed by atoms with van der Waals surface area (Å²) in [5, 5.41) is 12.4. The fraction of sp³-hybridized carbons (Fsp3) is 0.200. The number of aromatic nitrogens is 4. The van der Waals surface area contributed by atoms with E-state index in [4.69, 9.17) is 38.9 Å². The van der Waals surface area contributed by atoms with Crippen molar-refractivity contribution in [1.82, 2.24) is 19.9 Å². The van der Waals surface area contributed by atoms with Gasteiger partial charge in [-0.3, -0.25) is 9.78 Å². The number of carbonyl (C=O) groups excluding carboxylic acids is 1. The summed E-state index contributed by atoms with van der Waals surface area (Å²) in [6, 6.07) is 6.56. The third kappa shape index (κ3) is 5.76. The van der Waals surface area contributed by atoms with Gasteiger partial charge in [-0.05, 0) is 30.0 Å². The fourth-order valence-corrected chi connectivity index (χ4v) is 3.73. The van der Waals surface area contributed by atoms with Crippen LogP contribution in [0, 0.1) is 17.2 Å². The minimum absolute atomic E-state index is 0.0281. The topological polar surface area (TPSA) is 140 Å². The van der Waals surface area contributed by atoms with E-state index in [9.17, 15) is 4.79 Å². The largest absolute Gasteiger partial charge is 0.477 e. The first-order valence-electron chi connectivity index (χ1n) is 9.22. The van der Waals surface area contributed by atoms with E-state index in [0.29, 0.717) is 16.1 Å². The van der Waals surface area contributed by atoms with Crippen LogP contribution in [0.25, 0.3) is 11.4 Å². The van der Waals surface area contributed by atoms with E-state index in [1.807, 2.05) is 6.07 Å². The average Bonchev–Trinajstić information content (AvgIpc) is 2.74. The summed E-state index contributed by atoms with van der Waals surface area (Å²) in [7, 11) is 0. The number of nitriles is 1. The zero-order chi connectivity index (χ0) is 23.3. The van der Waals surface area contributed by atoms with Crippen molar-refractivity contribution in [2.45, 2.75) is 23.9 Å². The zero-order valence-electron chi connectivity index (χ0n) is 17.0. The van der Waals surface area contributed by atoms with E-state index in [-0.39, 0.29) is 51.2 Å². The Morgan fingerprint density at radius 1 is 1.28 bits per heavy atom. The third-order valence-electron chi connectivity index (χ3n) is 3.95. The molecule has 0 saturated carbocycles. The minimum Gasteiger partial charge on any atom is -0.477 e. The average molecular weight is 490 g/mol. The summed E-state index contributed by atoms with van der Waals surface area (Å²) >= 11 is 13.6. The van der Waals surface area contributed by atoms with Crippen LogP contribution < -0.4 is 15.8 Å². The molecule has 0 atom stereocenters. The van der Waals surface area contributed by atoms with Gasteiger partial charge in [-0.1, -0.05) is 37.0 Å². The Bertz CT molecular complexity index is 1200. The lowest BCUT2D eigenvalue weighted by Gasteiger charge is -2.12. The van der Waals surface area contributed by atoms with Gasteiger partial charge in [0.25, 0.3) is 0 Å². The lowest BCUT2D eigenvalue weighted by atomic mass is 10.2. The Hall–Kier alpha value is -3.13. The number of nitrogen functional groups attached to an aromatic ring is 1. The maximum absolute atomic E-state index is 12.1. The fourth-order valence-electron chi connectivity index (χ4n) is 2.40. The van der Waals surface area contributed by atoms with Crippen LogP contribution in [0.2, 0.25) is 10.0 Å². The second kappa shape index (κ2) is 10.5. The Kier molecular flexibility index (Phi) is 7.69. The van der Waals surface area contributed by atoms with Gasteiger partial charge in [0, 0.05) is 23.9 Å². The van der Waals surface area contributed by atoms with Gasteiger partial charge in [-0.2, -0.15) is 15.2 Å². The number of pyridine rings is 1. The Balaban J connectivity index is 1.97. The van der Waals surface area contributed by atoms with Gasteiger partial charge in [0.2, 0.25) is 11.9 Å². The molecular weight excluding hydrogens is 473 g/mol. The molecule has 9 nitrogen and oxygen atoms in total. The number of ether oxygens (including phenoxy) is 1. The molecule has 0 spiro atoms. The van der Waals surface area contributed by atoms with Crippen LogP contribution in [0.1, 0.15) is 13.8 Å². The number of hydrogen-bond donors (Lipinski definition) is 2. The van der Waals surface area contributed by atoms with E-state index < -0.39 is 0 Å². The molecule has 0 aliphatic heterocycles. The summed E-state index contributed by atoms with van der Waals surface area (Å²) < 4.78 is 5.32. The molecule has 0 aliphatic carbocycles. The van der Waals surface area contributed by atoms with Crippen LogP contribution >= 0.6 is 35.0 Å². The predicted octanol–water partition coefficient (Wildman–Crippen LogP) is 4.47. The molecule has 12 heteroatoms. The van der Waals surface area contributed by atoms with Crippen molar-refractivity contribution in [2.75, 3.05) is 17.7 Å². The molecule has 32 heavy (non-hydrogen) atoms. The first-order valence-corrected chi connectivity index (χ1v) is 10.8. The summed E-state index contributed by atoms with van der Waals surface area (Å²) in [5.74, 6) is 0.100. The number of carbonyl (C=O) groups is 1. The van der Waals surface area contributed by atoms with Gasteiger partial charge in [0.05, 0.1) is 20.6 Å². The van der Waals surface area contributed by atoms with Crippen molar-refractivity contribution in [3.05, 3.63) is 40.6 Å². The highest BCUT2D eigenvalue weighted by molar-refractivity contribution is 7.99. The highest BCUT2D eigenvalue weighted by atomic mass is 35.5. The van der Waals surface area contributed by atoms with Gasteiger partial charge in [0.1, 0.15) is 11.8 Å². The van der Waals surface area contributed by atoms with Gasteiger partial charge in [-0.25, -0.2) is 4.98 Å². The SMILES string of the molecule is CC(C)C(=O)Nc1ccncc1Sc1nc(N)nc(-c2cc(OCC#N)c(Cl)cc2Cl)n1. The van der Waals surface area contributed by atoms with Crippen LogP contribution in [0.4, 0.5) is 11.6 Å². The molecule has 0 aliphatic rings. The number of anilines is 2. The maximum atomic E-state index is 12.1. The molecule has 1 amide bonds. The highest BCUT2D eigenvalue weighted by Gasteiger charge is 2.17. The monoisotopic (exact) mass is 489 g/mol. The predicted molar refractivity (Wildman–Crippen MR) is 123 cm³/mol. The van der Waals surface area contributed by atoms with Gasteiger partial charge in [-0.15, -0.1) is 0 Å². The molecule has 1 aromatic carbocycles. The maximum Gasteiger partial charge on any atom is 0.226 e. The van der Waals surface area contributed by atoms with Gasteiger partial charge < -0.3 is 15.8 Å². The van der Waals surface area contributed by atoms with Crippen LogP contribution in [-0.2, 0) is 4.79 Å². The summed E-state index contributed by atoms with van der Waals surface area (Å²) in [6.07, 6.45) is 3.16. The molecule has 0 bridgehead atoms. The lowest BCUT2D eigenvalue weighted by Crippen LogP contribution is -2.18. The second-order valence-corrected chi connectivity index (χ2v) is 8.45. The molecule has 2 aromatic heterocycles. The van der Waals surface area contributed by atoms with Gasteiger partial charge >= 0.3 is 0 Å². The molecule has 3 aromatic rings. The number of nitrogens with one attached hydrogen (secondary N) is 1. The van der Waals surface area contributed by atoms with E-state index >= 15 is 0 Å². The molecule has 0 unspecified atom stereocenters. The number of nitrogens with zero attached hydrogens (tertiary/aromatic N) is 5. The molecule has 0 fully saturated rings. The number of rotatable bonds is 7. The van der Waals surface area contributed by atoms with E-state index in [0.717, 1.165) is 11.8 Å². The van der Waals surface area contributed by atoms with Crippen molar-refractivity contribution >= 4 is 52.5 Å². The van der Waals surface area contributed by atoms with Crippen molar-refractivity contribution in [3.8, 4) is 23.2 Å². The zero-order valence-corrected chi connectivity index (χ0v) is 19.3. The molecule has 3 N–H and O–H groups in total. The summed E-state index contributed by atoms with van der Waals surface area (Å²) in [5.41, 5.74) is 6.88.